The Kier molecular flexibility index (Phi) is 4.47. The van der Waals surface area contributed by atoms with Crippen molar-refractivity contribution in [3.05, 3.63) is 23.3 Å². The summed E-state index contributed by atoms with van der Waals surface area (Å²) in [5, 5.41) is -0.208. The van der Waals surface area contributed by atoms with Gasteiger partial charge in [-0.3, -0.25) is 0 Å². The minimum Gasteiger partial charge on any atom is -0.369 e. The highest BCUT2D eigenvalue weighted by atomic mass is 32.2. The van der Waals surface area contributed by atoms with Crippen molar-refractivity contribution < 1.29 is 13.2 Å². The van der Waals surface area contributed by atoms with Crippen LogP contribution in [0.5, 0.6) is 0 Å². The molecule has 3 rings (SSSR count). The lowest BCUT2D eigenvalue weighted by Crippen LogP contribution is -2.45. The molecular formula is C15H23N3O3S. The topological polar surface area (TPSA) is 72.4 Å². The number of hydrogen-bond donors (Lipinski definition) is 0. The van der Waals surface area contributed by atoms with Gasteiger partial charge in [0.25, 0.3) is 0 Å². The lowest BCUT2D eigenvalue weighted by Gasteiger charge is -2.33. The van der Waals surface area contributed by atoms with Crippen LogP contribution in [0.15, 0.2) is 6.07 Å². The van der Waals surface area contributed by atoms with Gasteiger partial charge in [-0.25, -0.2) is 18.4 Å². The Morgan fingerprint density at radius 2 is 1.95 bits per heavy atom. The van der Waals surface area contributed by atoms with E-state index in [1.54, 1.807) is 4.31 Å². The molecule has 1 aromatic rings. The molecular weight excluding hydrogens is 302 g/mol. The second-order valence-corrected chi connectivity index (χ2v) is 8.36. The first-order valence-electron chi connectivity index (χ1n) is 7.89. The maximum Gasteiger partial charge on any atom is 0.217 e. The zero-order chi connectivity index (χ0) is 15.7. The molecule has 7 heteroatoms. The van der Waals surface area contributed by atoms with E-state index in [1.807, 2.05) is 19.9 Å². The van der Waals surface area contributed by atoms with E-state index in [0.29, 0.717) is 25.5 Å². The van der Waals surface area contributed by atoms with Crippen LogP contribution in [0.2, 0.25) is 0 Å². The lowest BCUT2D eigenvalue weighted by atomic mass is 10.2. The summed E-state index contributed by atoms with van der Waals surface area (Å²) in [6, 6.07) is 1.88. The van der Waals surface area contributed by atoms with Crippen LogP contribution < -0.4 is 0 Å². The highest BCUT2D eigenvalue weighted by molar-refractivity contribution is 7.89. The highest BCUT2D eigenvalue weighted by Gasteiger charge is 2.37. The molecule has 22 heavy (non-hydrogen) atoms. The third-order valence-corrected chi connectivity index (χ3v) is 6.79. The molecule has 1 saturated heterocycles. The van der Waals surface area contributed by atoms with Crippen LogP contribution in [-0.2, 0) is 14.8 Å². The minimum absolute atomic E-state index is 0.208. The third kappa shape index (κ3) is 3.16. The van der Waals surface area contributed by atoms with Crippen LogP contribution in [0.1, 0.15) is 49.0 Å². The molecule has 0 aromatic carbocycles. The average Bonchev–Trinajstić information content (AvgIpc) is 3.01. The molecule has 0 N–H and O–H groups in total. The van der Waals surface area contributed by atoms with Gasteiger partial charge < -0.3 is 4.74 Å². The van der Waals surface area contributed by atoms with E-state index in [-0.39, 0.29) is 11.4 Å². The second-order valence-electron chi connectivity index (χ2n) is 6.15. The Morgan fingerprint density at radius 3 is 2.64 bits per heavy atom. The van der Waals surface area contributed by atoms with Crippen molar-refractivity contribution in [2.75, 3.05) is 19.7 Å². The molecule has 2 heterocycles. The van der Waals surface area contributed by atoms with E-state index >= 15 is 0 Å². The van der Waals surface area contributed by atoms with E-state index < -0.39 is 10.0 Å². The SMILES string of the molecule is Cc1cc(C2CN(S(=O)(=O)C3CCCC3)CCO2)nc(C)n1. The van der Waals surface area contributed by atoms with E-state index in [4.69, 9.17) is 4.74 Å². The molecule has 1 aliphatic carbocycles. The number of aryl methyl sites for hydroxylation is 2. The molecule has 0 radical (unpaired) electrons. The van der Waals surface area contributed by atoms with Gasteiger partial charge >= 0.3 is 0 Å². The lowest BCUT2D eigenvalue weighted by molar-refractivity contribution is -0.00539. The molecule has 0 amide bonds. The number of morpholine rings is 1. The van der Waals surface area contributed by atoms with Gasteiger partial charge in [-0.1, -0.05) is 12.8 Å². The predicted octanol–water partition coefficient (Wildman–Crippen LogP) is 1.74. The van der Waals surface area contributed by atoms with E-state index in [2.05, 4.69) is 9.97 Å². The zero-order valence-corrected chi connectivity index (χ0v) is 14.0. The molecule has 0 spiro atoms. The van der Waals surface area contributed by atoms with Gasteiger partial charge in [0, 0.05) is 18.8 Å². The number of hydrogen-bond acceptors (Lipinski definition) is 5. The molecule has 1 aliphatic heterocycles. The molecule has 122 valence electrons. The molecule has 1 saturated carbocycles. The van der Waals surface area contributed by atoms with Crippen LogP contribution in [0.25, 0.3) is 0 Å². The first kappa shape index (κ1) is 15.8. The average molecular weight is 325 g/mol. The van der Waals surface area contributed by atoms with Gasteiger partial charge in [0.2, 0.25) is 10.0 Å². The molecule has 2 aliphatic rings. The van der Waals surface area contributed by atoms with Gasteiger partial charge in [0.1, 0.15) is 11.9 Å². The standard InChI is InChI=1S/C15H23N3O3S/c1-11-9-14(17-12(2)16-11)15-10-18(7-8-21-15)22(19,20)13-5-3-4-6-13/h9,13,15H,3-8,10H2,1-2H3. The zero-order valence-electron chi connectivity index (χ0n) is 13.2. The van der Waals surface area contributed by atoms with Crippen molar-refractivity contribution in [1.82, 2.24) is 14.3 Å². The summed E-state index contributed by atoms with van der Waals surface area (Å²) in [6.45, 7) is 4.96. The Balaban J connectivity index is 1.79. The number of nitrogens with zero attached hydrogens (tertiary/aromatic N) is 3. The second kappa shape index (κ2) is 6.22. The Morgan fingerprint density at radius 1 is 1.23 bits per heavy atom. The van der Waals surface area contributed by atoms with Gasteiger partial charge in [-0.2, -0.15) is 4.31 Å². The Labute approximate surface area is 132 Å². The first-order chi connectivity index (χ1) is 10.5. The molecule has 2 fully saturated rings. The largest absolute Gasteiger partial charge is 0.369 e. The Hall–Kier alpha value is -1.05. The fourth-order valence-corrected chi connectivity index (χ4v) is 5.37. The summed E-state index contributed by atoms with van der Waals surface area (Å²) >= 11 is 0. The minimum atomic E-state index is -3.21. The molecule has 1 unspecified atom stereocenters. The van der Waals surface area contributed by atoms with Crippen molar-refractivity contribution in [2.45, 2.75) is 50.9 Å². The van der Waals surface area contributed by atoms with Crippen LogP contribution in [0.3, 0.4) is 0 Å². The number of rotatable bonds is 3. The third-order valence-electron chi connectivity index (χ3n) is 4.43. The predicted molar refractivity (Wildman–Crippen MR) is 82.9 cm³/mol. The fraction of sp³-hybridized carbons (Fsp3) is 0.733. The highest BCUT2D eigenvalue weighted by Crippen LogP contribution is 2.30. The first-order valence-corrected chi connectivity index (χ1v) is 9.40. The summed E-state index contributed by atoms with van der Waals surface area (Å²) in [6.07, 6.45) is 3.31. The van der Waals surface area contributed by atoms with Gasteiger partial charge in [0.05, 0.1) is 17.6 Å². The molecule has 1 aromatic heterocycles. The normalized spacial score (nSPS) is 24.7. The molecule has 6 nitrogen and oxygen atoms in total. The summed E-state index contributed by atoms with van der Waals surface area (Å²) in [4.78, 5) is 8.68. The number of aromatic nitrogens is 2. The Bertz CT molecular complexity index is 621. The van der Waals surface area contributed by atoms with Gasteiger partial charge in [-0.05, 0) is 32.8 Å². The fourth-order valence-electron chi connectivity index (χ4n) is 3.34. The van der Waals surface area contributed by atoms with E-state index in [9.17, 15) is 8.42 Å². The number of ether oxygens (including phenoxy) is 1. The summed E-state index contributed by atoms with van der Waals surface area (Å²) in [5.41, 5.74) is 1.65. The van der Waals surface area contributed by atoms with Gasteiger partial charge in [-0.15, -0.1) is 0 Å². The summed E-state index contributed by atoms with van der Waals surface area (Å²) in [7, 11) is -3.21. The maximum absolute atomic E-state index is 12.7. The summed E-state index contributed by atoms with van der Waals surface area (Å²) < 4.78 is 32.8. The van der Waals surface area contributed by atoms with Crippen LogP contribution >= 0.6 is 0 Å². The maximum atomic E-state index is 12.7. The molecule has 1 atom stereocenters. The monoisotopic (exact) mass is 325 g/mol. The quantitative estimate of drug-likeness (QED) is 0.846. The van der Waals surface area contributed by atoms with Crippen molar-refractivity contribution in [2.24, 2.45) is 0 Å². The van der Waals surface area contributed by atoms with Crippen LogP contribution in [-0.4, -0.2) is 47.6 Å². The van der Waals surface area contributed by atoms with Gasteiger partial charge in [0.15, 0.2) is 0 Å². The van der Waals surface area contributed by atoms with Crippen LogP contribution in [0.4, 0.5) is 0 Å². The van der Waals surface area contributed by atoms with E-state index in [0.717, 1.165) is 37.1 Å². The smallest absolute Gasteiger partial charge is 0.217 e. The van der Waals surface area contributed by atoms with Crippen molar-refractivity contribution in [3.63, 3.8) is 0 Å². The van der Waals surface area contributed by atoms with Crippen molar-refractivity contribution in [1.29, 1.82) is 0 Å². The summed E-state index contributed by atoms with van der Waals surface area (Å²) in [5.74, 6) is 0.689. The number of sulfonamides is 1. The van der Waals surface area contributed by atoms with Crippen LogP contribution in [0, 0.1) is 13.8 Å². The van der Waals surface area contributed by atoms with Crippen molar-refractivity contribution >= 4 is 10.0 Å². The van der Waals surface area contributed by atoms with E-state index in [1.165, 1.54) is 0 Å². The molecule has 0 bridgehead atoms. The van der Waals surface area contributed by atoms with Crippen molar-refractivity contribution in [3.8, 4) is 0 Å².